The smallest absolute Gasteiger partial charge is 0.0547 e. The van der Waals surface area contributed by atoms with Gasteiger partial charge in [-0.25, -0.2) is 0 Å². The predicted molar refractivity (Wildman–Crippen MR) is 111 cm³/mol. The van der Waals surface area contributed by atoms with E-state index in [0.29, 0.717) is 5.25 Å². The number of hydrogen-bond acceptors (Lipinski definition) is 3. The summed E-state index contributed by atoms with van der Waals surface area (Å²) in [5, 5.41) is 0.415. The van der Waals surface area contributed by atoms with E-state index in [9.17, 15) is 0 Å². The van der Waals surface area contributed by atoms with Gasteiger partial charge in [0, 0.05) is 17.2 Å². The Morgan fingerprint density at radius 1 is 0.917 bits per heavy atom. The lowest BCUT2D eigenvalue weighted by atomic mass is 10.0. The van der Waals surface area contributed by atoms with E-state index in [1.54, 1.807) is 0 Å². The Morgan fingerprint density at radius 3 is 2.38 bits per heavy atom. The second-order valence-electron chi connectivity index (χ2n) is 6.24. The molecule has 0 aliphatic carbocycles. The Balaban J connectivity index is 2.15. The molecule has 2 aromatic rings. The van der Waals surface area contributed by atoms with Gasteiger partial charge >= 0.3 is 0 Å². The summed E-state index contributed by atoms with van der Waals surface area (Å²) in [7, 11) is 4.28. The molecule has 0 fully saturated rings. The molecule has 0 N–H and O–H groups in total. The molecule has 0 spiro atoms. The minimum absolute atomic E-state index is 0.415. The van der Waals surface area contributed by atoms with Crippen molar-refractivity contribution in [2.45, 2.75) is 29.9 Å². The fourth-order valence-electron chi connectivity index (χ4n) is 2.47. The van der Waals surface area contributed by atoms with Gasteiger partial charge in [-0.15, -0.1) is 23.5 Å². The first kappa shape index (κ1) is 19.4. The summed E-state index contributed by atoms with van der Waals surface area (Å²) >= 11 is 4.03. The molecule has 1 nitrogen and oxygen atoms in total. The third kappa shape index (κ3) is 6.54. The molecule has 2 rings (SSSR count). The molecule has 0 aliphatic rings. The monoisotopic (exact) mass is 359 g/mol. The van der Waals surface area contributed by atoms with E-state index in [1.807, 2.05) is 23.5 Å². The first-order chi connectivity index (χ1) is 11.7. The minimum atomic E-state index is 0.415. The molecule has 1 atom stereocenters. The Morgan fingerprint density at radius 2 is 1.67 bits per heavy atom. The largest absolute Gasteiger partial charge is 0.309 e. The topological polar surface area (TPSA) is 3.24 Å². The molecule has 0 saturated carbocycles. The lowest BCUT2D eigenvalue weighted by Gasteiger charge is -2.20. The molecule has 0 aliphatic heterocycles. The summed E-state index contributed by atoms with van der Waals surface area (Å²) in [5.41, 5.74) is 2.82. The highest BCUT2D eigenvalue weighted by atomic mass is 32.2. The van der Waals surface area contributed by atoms with Crippen LogP contribution in [0.1, 0.15) is 36.1 Å². The molecule has 2 aromatic carbocycles. The molecule has 3 heteroatoms. The van der Waals surface area contributed by atoms with Crippen molar-refractivity contribution < 1.29 is 0 Å². The quantitative estimate of drug-likeness (QED) is 0.380. The molecule has 130 valence electrons. The van der Waals surface area contributed by atoms with Gasteiger partial charge in [0.25, 0.3) is 0 Å². The number of unbranched alkanes of at least 4 members (excludes halogenated alkanes) is 1. The summed E-state index contributed by atoms with van der Waals surface area (Å²) < 4.78 is 0. The van der Waals surface area contributed by atoms with Crippen molar-refractivity contribution in [1.29, 1.82) is 0 Å². The van der Waals surface area contributed by atoms with Gasteiger partial charge < -0.3 is 4.90 Å². The first-order valence-electron chi connectivity index (χ1n) is 8.74. The van der Waals surface area contributed by atoms with Crippen LogP contribution in [0.2, 0.25) is 0 Å². The zero-order chi connectivity index (χ0) is 17.2. The number of hydrogen-bond donors (Lipinski definition) is 0. The van der Waals surface area contributed by atoms with E-state index in [4.69, 9.17) is 0 Å². The Kier molecular flexibility index (Phi) is 8.79. The zero-order valence-electron chi connectivity index (χ0n) is 15.1. The maximum Gasteiger partial charge on any atom is 0.0547 e. The molecular formula is C21H29NS2. The normalized spacial score (nSPS) is 12.5. The van der Waals surface area contributed by atoms with Crippen LogP contribution in [0.5, 0.6) is 0 Å². The SMILES string of the molecule is CCCCSc1cccc(C(SCCN(C)C)c2ccccc2)c1. The molecular weight excluding hydrogens is 330 g/mol. The van der Waals surface area contributed by atoms with Gasteiger partial charge in [0.15, 0.2) is 0 Å². The molecule has 0 amide bonds. The van der Waals surface area contributed by atoms with Crippen LogP contribution in [0.4, 0.5) is 0 Å². The van der Waals surface area contributed by atoms with Crippen molar-refractivity contribution in [3.63, 3.8) is 0 Å². The van der Waals surface area contributed by atoms with E-state index in [0.717, 1.165) is 12.3 Å². The van der Waals surface area contributed by atoms with Gasteiger partial charge in [-0.3, -0.25) is 0 Å². The lowest BCUT2D eigenvalue weighted by Crippen LogP contribution is -2.15. The Hall–Kier alpha value is -0.900. The second kappa shape index (κ2) is 10.9. The van der Waals surface area contributed by atoms with Crippen LogP contribution in [0.3, 0.4) is 0 Å². The van der Waals surface area contributed by atoms with Gasteiger partial charge in [0.1, 0.15) is 0 Å². The van der Waals surface area contributed by atoms with Crippen molar-refractivity contribution in [3.05, 3.63) is 65.7 Å². The van der Waals surface area contributed by atoms with Gasteiger partial charge in [0.05, 0.1) is 5.25 Å². The van der Waals surface area contributed by atoms with E-state index >= 15 is 0 Å². The lowest BCUT2D eigenvalue weighted by molar-refractivity contribution is 0.437. The molecule has 0 heterocycles. The van der Waals surface area contributed by atoms with Crippen LogP contribution in [-0.4, -0.2) is 37.0 Å². The number of benzene rings is 2. The van der Waals surface area contributed by atoms with Crippen molar-refractivity contribution in [1.82, 2.24) is 4.90 Å². The third-order valence-corrected chi connectivity index (χ3v) is 6.23. The average Bonchev–Trinajstić information content (AvgIpc) is 2.60. The van der Waals surface area contributed by atoms with Gasteiger partial charge in [0.2, 0.25) is 0 Å². The minimum Gasteiger partial charge on any atom is -0.309 e. The first-order valence-corrected chi connectivity index (χ1v) is 10.8. The molecule has 0 bridgehead atoms. The van der Waals surface area contributed by atoms with Crippen molar-refractivity contribution in [3.8, 4) is 0 Å². The van der Waals surface area contributed by atoms with Crippen molar-refractivity contribution in [2.24, 2.45) is 0 Å². The van der Waals surface area contributed by atoms with E-state index in [1.165, 1.54) is 34.6 Å². The fourth-order valence-corrected chi connectivity index (χ4v) is 4.93. The van der Waals surface area contributed by atoms with E-state index < -0.39 is 0 Å². The summed E-state index contributed by atoms with van der Waals surface area (Å²) in [4.78, 5) is 3.65. The predicted octanol–water partition coefficient (Wildman–Crippen LogP) is 5.96. The Bertz CT molecular complexity index is 583. The summed E-state index contributed by atoms with van der Waals surface area (Å²) in [6.07, 6.45) is 2.55. The number of rotatable bonds is 10. The summed E-state index contributed by atoms with van der Waals surface area (Å²) in [6.45, 7) is 3.36. The average molecular weight is 360 g/mol. The fraction of sp³-hybridized carbons (Fsp3) is 0.429. The van der Waals surface area contributed by atoms with Crippen LogP contribution >= 0.6 is 23.5 Å². The van der Waals surface area contributed by atoms with Crippen molar-refractivity contribution >= 4 is 23.5 Å². The van der Waals surface area contributed by atoms with Gasteiger partial charge in [-0.05, 0) is 49.5 Å². The summed E-state index contributed by atoms with van der Waals surface area (Å²) in [5.74, 6) is 2.35. The van der Waals surface area contributed by atoms with Crippen LogP contribution in [0.25, 0.3) is 0 Å². The highest BCUT2D eigenvalue weighted by molar-refractivity contribution is 7.99. The molecule has 1 unspecified atom stereocenters. The standard InChI is InChI=1S/C21H29NS2/c1-4-5-15-23-20-13-9-12-19(17-20)21(24-16-14-22(2)3)18-10-7-6-8-11-18/h6-13,17,21H,4-5,14-16H2,1-3H3. The second-order valence-corrected chi connectivity index (χ2v) is 8.62. The third-order valence-electron chi connectivity index (χ3n) is 3.85. The maximum atomic E-state index is 2.39. The molecule has 24 heavy (non-hydrogen) atoms. The van der Waals surface area contributed by atoms with E-state index in [2.05, 4.69) is 80.5 Å². The maximum absolute atomic E-state index is 2.39. The number of nitrogens with zero attached hydrogens (tertiary/aromatic N) is 1. The summed E-state index contributed by atoms with van der Waals surface area (Å²) in [6, 6.07) is 20.0. The van der Waals surface area contributed by atoms with Crippen LogP contribution in [-0.2, 0) is 0 Å². The molecule has 0 radical (unpaired) electrons. The van der Waals surface area contributed by atoms with Crippen LogP contribution in [0.15, 0.2) is 59.5 Å². The highest BCUT2D eigenvalue weighted by Crippen LogP contribution is 2.37. The van der Waals surface area contributed by atoms with Crippen molar-refractivity contribution in [2.75, 3.05) is 32.1 Å². The van der Waals surface area contributed by atoms with E-state index in [-0.39, 0.29) is 0 Å². The van der Waals surface area contributed by atoms with Gasteiger partial charge in [-0.1, -0.05) is 55.8 Å². The van der Waals surface area contributed by atoms with Gasteiger partial charge in [-0.2, -0.15) is 0 Å². The molecule has 0 aromatic heterocycles. The molecule has 0 saturated heterocycles. The van der Waals surface area contributed by atoms with Crippen LogP contribution < -0.4 is 0 Å². The van der Waals surface area contributed by atoms with Crippen LogP contribution in [0, 0.1) is 0 Å². The zero-order valence-corrected chi connectivity index (χ0v) is 16.7. The highest BCUT2D eigenvalue weighted by Gasteiger charge is 2.15. The number of thioether (sulfide) groups is 2. The Labute approximate surface area is 156 Å².